The lowest BCUT2D eigenvalue weighted by Crippen LogP contribution is -2.12. The van der Waals surface area contributed by atoms with Crippen LogP contribution in [0.2, 0.25) is 0 Å². The highest BCUT2D eigenvalue weighted by Gasteiger charge is 2.16. The van der Waals surface area contributed by atoms with E-state index < -0.39 is 0 Å². The van der Waals surface area contributed by atoms with Gasteiger partial charge in [-0.3, -0.25) is 0 Å². The van der Waals surface area contributed by atoms with Crippen molar-refractivity contribution in [2.24, 2.45) is 0 Å². The Bertz CT molecular complexity index is 375. The molecular weight excluding hydrogens is 192 g/mol. The second kappa shape index (κ2) is 4.77. The summed E-state index contributed by atoms with van der Waals surface area (Å²) in [6.07, 6.45) is 0. The van der Waals surface area contributed by atoms with Crippen LogP contribution in [0.5, 0.6) is 0 Å². The van der Waals surface area contributed by atoms with Crippen LogP contribution in [0.3, 0.4) is 0 Å². The number of nitrogens with zero attached hydrogens (tertiary/aromatic N) is 1. The Labute approximate surface area is 89.7 Å². The van der Waals surface area contributed by atoms with Crippen LogP contribution in [0, 0.1) is 13.8 Å². The molecule has 0 aliphatic carbocycles. The van der Waals surface area contributed by atoms with Gasteiger partial charge in [0.15, 0.2) is 0 Å². The van der Waals surface area contributed by atoms with E-state index in [0.717, 1.165) is 11.3 Å². The summed E-state index contributed by atoms with van der Waals surface area (Å²) in [5.41, 5.74) is 2.28. The highest BCUT2D eigenvalue weighted by Crippen LogP contribution is 2.19. The van der Waals surface area contributed by atoms with Gasteiger partial charge in [-0.15, -0.1) is 0 Å². The summed E-state index contributed by atoms with van der Waals surface area (Å²) in [6.45, 7) is 5.92. The van der Waals surface area contributed by atoms with Crippen molar-refractivity contribution in [1.82, 2.24) is 4.98 Å². The number of carbonyl (C=O) groups is 1. The Morgan fingerprint density at radius 2 is 2.20 bits per heavy atom. The maximum absolute atomic E-state index is 11.7. The predicted molar refractivity (Wildman–Crippen MR) is 59.2 cm³/mol. The molecule has 0 aromatic carbocycles. The molecule has 0 atom stereocenters. The lowest BCUT2D eigenvalue weighted by Gasteiger charge is -2.11. The standard InChI is InChI=1S/C11H16N2O2/c1-5-15-11(14)9-7(2)6-8(3)13-10(9)12-4/h6H,5H2,1-4H3,(H,12,13). The first kappa shape index (κ1) is 11.5. The van der Waals surface area contributed by atoms with Gasteiger partial charge in [0.2, 0.25) is 0 Å². The first-order chi connectivity index (χ1) is 7.10. The Morgan fingerprint density at radius 3 is 2.73 bits per heavy atom. The zero-order chi connectivity index (χ0) is 11.4. The molecule has 0 bridgehead atoms. The normalized spacial score (nSPS) is 9.87. The molecule has 0 unspecified atom stereocenters. The van der Waals surface area contributed by atoms with E-state index in [2.05, 4.69) is 10.3 Å². The Kier molecular flexibility index (Phi) is 3.66. The lowest BCUT2D eigenvalue weighted by molar-refractivity contribution is 0.0526. The van der Waals surface area contributed by atoms with E-state index in [9.17, 15) is 4.79 Å². The van der Waals surface area contributed by atoms with E-state index >= 15 is 0 Å². The zero-order valence-corrected chi connectivity index (χ0v) is 9.55. The second-order valence-electron chi connectivity index (χ2n) is 3.27. The average molecular weight is 208 g/mol. The fourth-order valence-electron chi connectivity index (χ4n) is 1.48. The van der Waals surface area contributed by atoms with Gasteiger partial charge in [0.25, 0.3) is 0 Å². The molecule has 0 aliphatic rings. The van der Waals surface area contributed by atoms with Crippen molar-refractivity contribution < 1.29 is 9.53 Å². The van der Waals surface area contributed by atoms with E-state index in [4.69, 9.17) is 4.74 Å². The quantitative estimate of drug-likeness (QED) is 0.771. The van der Waals surface area contributed by atoms with Gasteiger partial charge in [-0.2, -0.15) is 0 Å². The Balaban J connectivity index is 3.20. The molecule has 1 N–H and O–H groups in total. The smallest absolute Gasteiger partial charge is 0.342 e. The van der Waals surface area contributed by atoms with Gasteiger partial charge in [-0.05, 0) is 32.4 Å². The number of pyridine rings is 1. The summed E-state index contributed by atoms with van der Waals surface area (Å²) in [4.78, 5) is 15.9. The minimum absolute atomic E-state index is 0.327. The molecule has 15 heavy (non-hydrogen) atoms. The van der Waals surface area contributed by atoms with E-state index in [1.54, 1.807) is 14.0 Å². The summed E-state index contributed by atoms with van der Waals surface area (Å²) >= 11 is 0. The molecule has 0 fully saturated rings. The predicted octanol–water partition coefficient (Wildman–Crippen LogP) is 1.92. The van der Waals surface area contributed by atoms with Crippen molar-refractivity contribution in [3.8, 4) is 0 Å². The van der Waals surface area contributed by atoms with E-state index in [0.29, 0.717) is 18.0 Å². The number of nitrogens with one attached hydrogen (secondary N) is 1. The summed E-state index contributed by atoms with van der Waals surface area (Å²) in [5, 5.41) is 2.90. The molecule has 0 saturated carbocycles. The zero-order valence-electron chi connectivity index (χ0n) is 9.55. The molecule has 1 aromatic rings. The fourth-order valence-corrected chi connectivity index (χ4v) is 1.48. The number of esters is 1. The third-order valence-electron chi connectivity index (χ3n) is 2.06. The van der Waals surface area contributed by atoms with Crippen molar-refractivity contribution >= 4 is 11.8 Å². The molecular formula is C11H16N2O2. The SMILES string of the molecule is CCOC(=O)c1c(C)cc(C)nc1NC. The topological polar surface area (TPSA) is 51.2 Å². The van der Waals surface area contributed by atoms with Gasteiger partial charge in [-0.25, -0.2) is 9.78 Å². The van der Waals surface area contributed by atoms with Crippen molar-refractivity contribution in [3.05, 3.63) is 22.9 Å². The van der Waals surface area contributed by atoms with Gasteiger partial charge >= 0.3 is 5.97 Å². The molecule has 0 spiro atoms. The number of aryl methyl sites for hydroxylation is 2. The van der Waals surface area contributed by atoms with Crippen LogP contribution >= 0.6 is 0 Å². The molecule has 0 amide bonds. The first-order valence-corrected chi connectivity index (χ1v) is 4.93. The summed E-state index contributed by atoms with van der Waals surface area (Å²) in [7, 11) is 1.74. The third kappa shape index (κ3) is 2.46. The second-order valence-corrected chi connectivity index (χ2v) is 3.27. The summed E-state index contributed by atoms with van der Waals surface area (Å²) < 4.78 is 4.97. The van der Waals surface area contributed by atoms with Crippen LogP contribution in [0.15, 0.2) is 6.07 Å². The lowest BCUT2D eigenvalue weighted by atomic mass is 10.1. The number of hydrogen-bond donors (Lipinski definition) is 1. The first-order valence-electron chi connectivity index (χ1n) is 4.93. The highest BCUT2D eigenvalue weighted by atomic mass is 16.5. The Hall–Kier alpha value is -1.58. The fraction of sp³-hybridized carbons (Fsp3) is 0.455. The van der Waals surface area contributed by atoms with Crippen LogP contribution < -0.4 is 5.32 Å². The van der Waals surface area contributed by atoms with Gasteiger partial charge in [0.05, 0.1) is 6.61 Å². The minimum atomic E-state index is -0.327. The number of aromatic nitrogens is 1. The molecule has 0 radical (unpaired) electrons. The Morgan fingerprint density at radius 1 is 1.53 bits per heavy atom. The van der Waals surface area contributed by atoms with Crippen molar-refractivity contribution in [1.29, 1.82) is 0 Å². The molecule has 1 heterocycles. The van der Waals surface area contributed by atoms with Crippen LogP contribution in [-0.2, 0) is 4.74 Å². The molecule has 82 valence electrons. The summed E-state index contributed by atoms with van der Waals surface area (Å²) in [6, 6.07) is 1.87. The van der Waals surface area contributed by atoms with Crippen molar-refractivity contribution in [2.75, 3.05) is 19.0 Å². The van der Waals surface area contributed by atoms with E-state index in [1.807, 2.05) is 19.9 Å². The maximum atomic E-state index is 11.7. The number of carbonyl (C=O) groups excluding carboxylic acids is 1. The monoisotopic (exact) mass is 208 g/mol. The van der Waals surface area contributed by atoms with E-state index in [-0.39, 0.29) is 5.97 Å². The summed E-state index contributed by atoms with van der Waals surface area (Å²) in [5.74, 6) is 0.248. The van der Waals surface area contributed by atoms with Crippen LogP contribution in [0.25, 0.3) is 0 Å². The molecule has 4 heteroatoms. The van der Waals surface area contributed by atoms with Crippen LogP contribution in [-0.4, -0.2) is 24.6 Å². The average Bonchev–Trinajstić information content (AvgIpc) is 2.16. The van der Waals surface area contributed by atoms with Crippen LogP contribution in [0.1, 0.15) is 28.5 Å². The molecule has 0 aliphatic heterocycles. The highest BCUT2D eigenvalue weighted by molar-refractivity contribution is 5.96. The van der Waals surface area contributed by atoms with Gasteiger partial charge < -0.3 is 10.1 Å². The van der Waals surface area contributed by atoms with Gasteiger partial charge in [-0.1, -0.05) is 0 Å². The molecule has 4 nitrogen and oxygen atoms in total. The third-order valence-corrected chi connectivity index (χ3v) is 2.06. The molecule has 1 rings (SSSR count). The van der Waals surface area contributed by atoms with Crippen molar-refractivity contribution in [2.45, 2.75) is 20.8 Å². The number of hydrogen-bond acceptors (Lipinski definition) is 4. The molecule has 1 aromatic heterocycles. The van der Waals surface area contributed by atoms with E-state index in [1.165, 1.54) is 0 Å². The number of anilines is 1. The maximum Gasteiger partial charge on any atom is 0.342 e. The van der Waals surface area contributed by atoms with Gasteiger partial charge in [0, 0.05) is 12.7 Å². The number of ether oxygens (including phenoxy) is 1. The molecule has 0 saturated heterocycles. The minimum Gasteiger partial charge on any atom is -0.462 e. The van der Waals surface area contributed by atoms with Crippen molar-refractivity contribution in [3.63, 3.8) is 0 Å². The number of rotatable bonds is 3. The largest absolute Gasteiger partial charge is 0.462 e. The van der Waals surface area contributed by atoms with Gasteiger partial charge in [0.1, 0.15) is 11.4 Å². The van der Waals surface area contributed by atoms with Crippen LogP contribution in [0.4, 0.5) is 5.82 Å².